The van der Waals surface area contributed by atoms with Crippen LogP contribution in [-0.2, 0) is 11.3 Å². The zero-order valence-corrected chi connectivity index (χ0v) is 16.4. The number of hydrogen-bond donors (Lipinski definition) is 1. The van der Waals surface area contributed by atoms with Gasteiger partial charge in [-0.05, 0) is 49.7 Å². The number of benzene rings is 2. The third-order valence-electron chi connectivity index (χ3n) is 4.22. The molecular weight excluding hydrogens is 376 g/mol. The number of carbonyl (C=O) groups excluding carboxylic acids is 1. The standard InChI is InChI=1S/C21H22N2O4S/c1-2-27-13-5-12-23-20(26)17-6-3-4-7-18(17)22-21(23)28-14-19(25)15-8-10-16(24)11-9-15/h3-4,6-11,24H,2,5,12-14H2,1H3. The molecule has 1 aromatic heterocycles. The van der Waals surface area contributed by atoms with E-state index in [-0.39, 0.29) is 22.8 Å². The van der Waals surface area contributed by atoms with Gasteiger partial charge in [0.25, 0.3) is 5.56 Å². The fraction of sp³-hybridized carbons (Fsp3) is 0.286. The van der Waals surface area contributed by atoms with Gasteiger partial charge >= 0.3 is 0 Å². The van der Waals surface area contributed by atoms with Crippen molar-refractivity contribution >= 4 is 28.4 Å². The summed E-state index contributed by atoms with van der Waals surface area (Å²) in [5, 5.41) is 10.4. The van der Waals surface area contributed by atoms with Crippen molar-refractivity contribution in [3.05, 3.63) is 64.4 Å². The molecule has 0 saturated carbocycles. The van der Waals surface area contributed by atoms with Crippen molar-refractivity contribution in [3.8, 4) is 5.75 Å². The zero-order valence-electron chi connectivity index (χ0n) is 15.6. The van der Waals surface area contributed by atoms with Crippen LogP contribution in [0.2, 0.25) is 0 Å². The van der Waals surface area contributed by atoms with Crippen molar-refractivity contribution in [1.29, 1.82) is 0 Å². The highest BCUT2D eigenvalue weighted by molar-refractivity contribution is 7.99. The Balaban J connectivity index is 1.84. The second-order valence-corrected chi connectivity index (χ2v) is 7.12. The van der Waals surface area contributed by atoms with E-state index in [1.54, 1.807) is 28.8 Å². The van der Waals surface area contributed by atoms with Crippen molar-refractivity contribution in [1.82, 2.24) is 9.55 Å². The van der Waals surface area contributed by atoms with Crippen LogP contribution >= 0.6 is 11.8 Å². The average Bonchev–Trinajstić information content (AvgIpc) is 2.71. The first-order valence-electron chi connectivity index (χ1n) is 9.12. The Morgan fingerprint density at radius 3 is 2.68 bits per heavy atom. The molecule has 0 atom stereocenters. The summed E-state index contributed by atoms with van der Waals surface area (Å²) in [6.07, 6.45) is 0.688. The Bertz CT molecular complexity index is 1020. The van der Waals surface area contributed by atoms with E-state index in [9.17, 15) is 14.7 Å². The number of phenols is 1. The third-order valence-corrected chi connectivity index (χ3v) is 5.20. The fourth-order valence-corrected chi connectivity index (χ4v) is 3.70. The first-order valence-corrected chi connectivity index (χ1v) is 10.1. The van der Waals surface area contributed by atoms with Gasteiger partial charge in [-0.1, -0.05) is 23.9 Å². The van der Waals surface area contributed by atoms with Gasteiger partial charge in [0.1, 0.15) is 5.75 Å². The van der Waals surface area contributed by atoms with E-state index in [4.69, 9.17) is 4.74 Å². The molecule has 0 radical (unpaired) electrons. The average molecular weight is 398 g/mol. The number of nitrogens with zero attached hydrogens (tertiary/aromatic N) is 2. The molecule has 6 nitrogen and oxygen atoms in total. The van der Waals surface area contributed by atoms with E-state index < -0.39 is 0 Å². The molecule has 0 unspecified atom stereocenters. The van der Waals surface area contributed by atoms with E-state index in [0.717, 1.165) is 0 Å². The van der Waals surface area contributed by atoms with E-state index in [0.29, 0.717) is 47.8 Å². The fourth-order valence-electron chi connectivity index (χ4n) is 2.78. The highest BCUT2D eigenvalue weighted by atomic mass is 32.2. The Hall–Kier alpha value is -2.64. The van der Waals surface area contributed by atoms with Gasteiger partial charge in [-0.2, -0.15) is 0 Å². The highest BCUT2D eigenvalue weighted by Crippen LogP contribution is 2.20. The van der Waals surface area contributed by atoms with Gasteiger partial charge in [0, 0.05) is 25.3 Å². The van der Waals surface area contributed by atoms with Crippen molar-refractivity contribution in [3.63, 3.8) is 0 Å². The molecule has 3 aromatic rings. The molecule has 28 heavy (non-hydrogen) atoms. The maximum absolute atomic E-state index is 12.9. The Morgan fingerprint density at radius 2 is 1.93 bits per heavy atom. The maximum Gasteiger partial charge on any atom is 0.262 e. The van der Waals surface area contributed by atoms with E-state index >= 15 is 0 Å². The van der Waals surface area contributed by atoms with Crippen LogP contribution in [0.5, 0.6) is 5.75 Å². The number of aromatic nitrogens is 2. The number of phenolic OH excluding ortho intramolecular Hbond substituents is 1. The number of carbonyl (C=O) groups is 1. The van der Waals surface area contributed by atoms with E-state index in [2.05, 4.69) is 4.98 Å². The molecule has 0 saturated heterocycles. The normalized spacial score (nSPS) is 11.0. The third kappa shape index (κ3) is 4.79. The van der Waals surface area contributed by atoms with Crippen LogP contribution in [-0.4, -0.2) is 39.4 Å². The summed E-state index contributed by atoms with van der Waals surface area (Å²) in [5.74, 6) is 0.179. The molecule has 0 bridgehead atoms. The summed E-state index contributed by atoms with van der Waals surface area (Å²) in [7, 11) is 0. The van der Waals surface area contributed by atoms with Crippen molar-refractivity contribution in [2.45, 2.75) is 25.0 Å². The topological polar surface area (TPSA) is 81.4 Å². The minimum absolute atomic E-state index is 0.0896. The van der Waals surface area contributed by atoms with Crippen LogP contribution in [0, 0.1) is 0 Å². The van der Waals surface area contributed by atoms with Crippen LogP contribution in [0.25, 0.3) is 10.9 Å². The molecule has 0 aliphatic heterocycles. The largest absolute Gasteiger partial charge is 0.508 e. The predicted octanol–water partition coefficient (Wildman–Crippen LogP) is 3.50. The molecular formula is C21H22N2O4S. The first kappa shape index (κ1) is 20.1. The number of fused-ring (bicyclic) bond motifs is 1. The second kappa shape index (κ2) is 9.52. The molecule has 1 N–H and O–H groups in total. The minimum atomic E-state index is -0.110. The molecule has 0 fully saturated rings. The van der Waals surface area contributed by atoms with E-state index in [1.165, 1.54) is 23.9 Å². The Morgan fingerprint density at radius 1 is 1.18 bits per heavy atom. The number of para-hydroxylation sites is 1. The van der Waals surface area contributed by atoms with Crippen LogP contribution < -0.4 is 5.56 Å². The minimum Gasteiger partial charge on any atom is -0.508 e. The summed E-state index contributed by atoms with van der Waals surface area (Å²) in [5.41, 5.74) is 1.02. The first-order chi connectivity index (χ1) is 13.6. The predicted molar refractivity (Wildman–Crippen MR) is 110 cm³/mol. The molecule has 0 aliphatic rings. The summed E-state index contributed by atoms with van der Waals surface area (Å²) in [6, 6.07) is 13.3. The number of ketones is 1. The summed E-state index contributed by atoms with van der Waals surface area (Å²) >= 11 is 1.25. The zero-order chi connectivity index (χ0) is 19.9. The summed E-state index contributed by atoms with van der Waals surface area (Å²) in [6.45, 7) is 3.60. The number of rotatable bonds is 9. The number of ether oxygens (including phenoxy) is 1. The van der Waals surface area contributed by atoms with E-state index in [1.807, 2.05) is 19.1 Å². The van der Waals surface area contributed by atoms with Gasteiger partial charge in [0.05, 0.1) is 16.7 Å². The quantitative estimate of drug-likeness (QED) is 0.257. The lowest BCUT2D eigenvalue weighted by atomic mass is 10.1. The lowest BCUT2D eigenvalue weighted by Crippen LogP contribution is -2.24. The van der Waals surface area contributed by atoms with Gasteiger partial charge < -0.3 is 9.84 Å². The van der Waals surface area contributed by atoms with Crippen molar-refractivity contribution < 1.29 is 14.6 Å². The smallest absolute Gasteiger partial charge is 0.262 e. The lowest BCUT2D eigenvalue weighted by Gasteiger charge is -2.13. The summed E-state index contributed by atoms with van der Waals surface area (Å²) < 4.78 is 6.99. The molecule has 7 heteroatoms. The van der Waals surface area contributed by atoms with Gasteiger partial charge in [0.2, 0.25) is 0 Å². The highest BCUT2D eigenvalue weighted by Gasteiger charge is 2.14. The molecule has 3 rings (SSSR count). The number of aromatic hydroxyl groups is 1. The number of thioether (sulfide) groups is 1. The molecule has 1 heterocycles. The van der Waals surface area contributed by atoms with Crippen LogP contribution in [0.15, 0.2) is 58.5 Å². The molecule has 0 amide bonds. The molecule has 0 spiro atoms. The lowest BCUT2D eigenvalue weighted by molar-refractivity contribution is 0.102. The Labute approximate surface area is 167 Å². The molecule has 0 aliphatic carbocycles. The SMILES string of the molecule is CCOCCCn1c(SCC(=O)c2ccc(O)cc2)nc2ccccc2c1=O. The van der Waals surface area contributed by atoms with Gasteiger partial charge in [-0.15, -0.1) is 0 Å². The number of hydrogen-bond acceptors (Lipinski definition) is 6. The number of Topliss-reactive ketones (excluding diaryl/α,β-unsaturated/α-hetero) is 1. The Kier molecular flexibility index (Phi) is 6.84. The van der Waals surface area contributed by atoms with Gasteiger partial charge in [-0.3, -0.25) is 14.2 Å². The summed E-state index contributed by atoms with van der Waals surface area (Å²) in [4.78, 5) is 30.0. The van der Waals surface area contributed by atoms with Crippen LogP contribution in [0.4, 0.5) is 0 Å². The van der Waals surface area contributed by atoms with Gasteiger partial charge in [0.15, 0.2) is 10.9 Å². The second-order valence-electron chi connectivity index (χ2n) is 6.18. The van der Waals surface area contributed by atoms with Crippen molar-refractivity contribution in [2.75, 3.05) is 19.0 Å². The molecule has 146 valence electrons. The van der Waals surface area contributed by atoms with Gasteiger partial charge in [-0.25, -0.2) is 4.98 Å². The van der Waals surface area contributed by atoms with Crippen LogP contribution in [0.3, 0.4) is 0 Å². The monoisotopic (exact) mass is 398 g/mol. The van der Waals surface area contributed by atoms with Crippen molar-refractivity contribution in [2.24, 2.45) is 0 Å². The maximum atomic E-state index is 12.9. The molecule has 2 aromatic carbocycles. The van der Waals surface area contributed by atoms with Crippen LogP contribution in [0.1, 0.15) is 23.7 Å².